The lowest BCUT2D eigenvalue weighted by molar-refractivity contribution is 0.197. The molecule has 1 N–H and O–H groups in total. The van der Waals surface area contributed by atoms with Crippen molar-refractivity contribution < 1.29 is 13.2 Å². The van der Waals surface area contributed by atoms with E-state index in [1.165, 1.54) is 0 Å². The van der Waals surface area contributed by atoms with Crippen LogP contribution in [-0.4, -0.2) is 46.7 Å². The van der Waals surface area contributed by atoms with Gasteiger partial charge in [0.15, 0.2) is 0 Å². The normalized spacial score (nSPS) is 13.8. The van der Waals surface area contributed by atoms with E-state index in [0.29, 0.717) is 30.5 Å². The minimum atomic E-state index is -2.82. The molecule has 0 rings (SSSR count). The lowest BCUT2D eigenvalue weighted by atomic mass is 10.0. The van der Waals surface area contributed by atoms with Crippen molar-refractivity contribution in [1.29, 1.82) is 0 Å². The van der Waals surface area contributed by atoms with Gasteiger partial charge in [-0.15, -0.1) is 0 Å². The second kappa shape index (κ2) is 9.85. The van der Waals surface area contributed by atoms with Gasteiger partial charge in [-0.3, -0.25) is 0 Å². The number of nitrogens with one attached hydrogen (secondary N) is 1. The second-order valence-electron chi connectivity index (χ2n) is 4.41. The van der Waals surface area contributed by atoms with Crippen LogP contribution in [0.4, 0.5) is 0 Å². The summed E-state index contributed by atoms with van der Waals surface area (Å²) in [5.41, 5.74) is 0. The molecule has 1 atom stereocenters. The standard InChI is InChI=1S/C12H27NO3S/c1-4-9-17(14,15)10-6-12(5-2)11-13-7-8-16-3/h12-13H,4-11H2,1-3H3. The molecule has 0 radical (unpaired) electrons. The van der Waals surface area contributed by atoms with E-state index in [2.05, 4.69) is 12.2 Å². The summed E-state index contributed by atoms with van der Waals surface area (Å²) in [7, 11) is -1.15. The Kier molecular flexibility index (Phi) is 9.78. The minimum Gasteiger partial charge on any atom is -0.383 e. The quantitative estimate of drug-likeness (QED) is 0.575. The smallest absolute Gasteiger partial charge is 0.150 e. The topological polar surface area (TPSA) is 55.4 Å². The Hall–Kier alpha value is -0.130. The zero-order chi connectivity index (χ0) is 13.1. The summed E-state index contributed by atoms with van der Waals surface area (Å²) in [5.74, 6) is 1.09. The van der Waals surface area contributed by atoms with Crippen LogP contribution in [0.25, 0.3) is 0 Å². The van der Waals surface area contributed by atoms with Crippen LogP contribution in [0.5, 0.6) is 0 Å². The summed E-state index contributed by atoms with van der Waals surface area (Å²) in [6, 6.07) is 0. The number of ether oxygens (including phenoxy) is 1. The summed E-state index contributed by atoms with van der Waals surface area (Å²) in [4.78, 5) is 0. The van der Waals surface area contributed by atoms with Crippen molar-refractivity contribution >= 4 is 9.84 Å². The molecule has 0 amide bonds. The van der Waals surface area contributed by atoms with Gasteiger partial charge in [0.1, 0.15) is 9.84 Å². The summed E-state index contributed by atoms with van der Waals surface area (Å²) in [6.45, 7) is 6.41. The largest absolute Gasteiger partial charge is 0.383 e. The lowest BCUT2D eigenvalue weighted by Gasteiger charge is -2.15. The van der Waals surface area contributed by atoms with Crippen molar-refractivity contribution in [3.05, 3.63) is 0 Å². The predicted molar refractivity (Wildman–Crippen MR) is 72.1 cm³/mol. The van der Waals surface area contributed by atoms with Gasteiger partial charge in [0.25, 0.3) is 0 Å². The van der Waals surface area contributed by atoms with E-state index in [1.807, 2.05) is 6.92 Å². The molecule has 17 heavy (non-hydrogen) atoms. The molecule has 0 aromatic rings. The first-order chi connectivity index (χ1) is 8.05. The van der Waals surface area contributed by atoms with Gasteiger partial charge in [-0.1, -0.05) is 20.3 Å². The number of rotatable bonds is 11. The van der Waals surface area contributed by atoms with E-state index in [4.69, 9.17) is 4.74 Å². The first-order valence-corrected chi connectivity index (χ1v) is 8.28. The molecule has 1 unspecified atom stereocenters. The third-order valence-electron chi connectivity index (χ3n) is 2.85. The van der Waals surface area contributed by atoms with Gasteiger partial charge >= 0.3 is 0 Å². The molecule has 0 saturated carbocycles. The van der Waals surface area contributed by atoms with Crippen LogP contribution in [0, 0.1) is 5.92 Å². The van der Waals surface area contributed by atoms with Crippen molar-refractivity contribution in [2.24, 2.45) is 5.92 Å². The molecule has 0 aromatic carbocycles. The molecular formula is C12H27NO3S. The van der Waals surface area contributed by atoms with Gasteiger partial charge < -0.3 is 10.1 Å². The SMILES string of the molecule is CCCS(=O)(=O)CCC(CC)CNCCOC. The molecule has 0 heterocycles. The van der Waals surface area contributed by atoms with Crippen molar-refractivity contribution in [2.45, 2.75) is 33.1 Å². The highest BCUT2D eigenvalue weighted by Gasteiger charge is 2.13. The van der Waals surface area contributed by atoms with Crippen LogP contribution in [0.2, 0.25) is 0 Å². The molecule has 0 saturated heterocycles. The Morgan fingerprint density at radius 2 is 1.94 bits per heavy atom. The Bertz CT molecular complexity index is 265. The Morgan fingerprint density at radius 1 is 1.24 bits per heavy atom. The molecule has 0 aromatic heterocycles. The monoisotopic (exact) mass is 265 g/mol. The molecule has 0 bridgehead atoms. The third-order valence-corrected chi connectivity index (χ3v) is 4.73. The molecule has 0 aliphatic rings. The van der Waals surface area contributed by atoms with Gasteiger partial charge in [0.05, 0.1) is 12.4 Å². The van der Waals surface area contributed by atoms with E-state index in [1.54, 1.807) is 7.11 Å². The van der Waals surface area contributed by atoms with Gasteiger partial charge in [-0.25, -0.2) is 8.42 Å². The summed E-state index contributed by atoms with van der Waals surface area (Å²) < 4.78 is 28.1. The average molecular weight is 265 g/mol. The Balaban J connectivity index is 3.81. The molecule has 0 aliphatic carbocycles. The van der Waals surface area contributed by atoms with Crippen LogP contribution < -0.4 is 5.32 Å². The minimum absolute atomic E-state index is 0.320. The number of sulfone groups is 1. The summed E-state index contributed by atoms with van der Waals surface area (Å²) >= 11 is 0. The van der Waals surface area contributed by atoms with Crippen molar-refractivity contribution in [2.75, 3.05) is 38.3 Å². The molecule has 0 spiro atoms. The Labute approximate surface area is 106 Å². The second-order valence-corrected chi connectivity index (χ2v) is 6.72. The van der Waals surface area contributed by atoms with E-state index in [-0.39, 0.29) is 0 Å². The van der Waals surface area contributed by atoms with E-state index in [9.17, 15) is 8.42 Å². The maximum atomic E-state index is 11.6. The van der Waals surface area contributed by atoms with Gasteiger partial charge in [0, 0.05) is 19.4 Å². The zero-order valence-corrected chi connectivity index (χ0v) is 12.2. The zero-order valence-electron chi connectivity index (χ0n) is 11.4. The molecular weight excluding hydrogens is 238 g/mol. The van der Waals surface area contributed by atoms with Gasteiger partial charge in [-0.2, -0.15) is 0 Å². The molecule has 5 heteroatoms. The van der Waals surface area contributed by atoms with Crippen molar-refractivity contribution in [1.82, 2.24) is 5.32 Å². The van der Waals surface area contributed by atoms with E-state index in [0.717, 1.165) is 25.9 Å². The highest BCUT2D eigenvalue weighted by Crippen LogP contribution is 2.09. The molecule has 4 nitrogen and oxygen atoms in total. The van der Waals surface area contributed by atoms with Gasteiger partial charge in [0.2, 0.25) is 0 Å². The molecule has 0 aliphatic heterocycles. The average Bonchev–Trinajstić information content (AvgIpc) is 2.28. The third kappa shape index (κ3) is 9.56. The lowest BCUT2D eigenvalue weighted by Crippen LogP contribution is -2.27. The van der Waals surface area contributed by atoms with E-state index < -0.39 is 9.84 Å². The number of methoxy groups -OCH3 is 1. The predicted octanol–water partition coefficient (Wildman–Crippen LogP) is 1.46. The van der Waals surface area contributed by atoms with Crippen LogP contribution in [0.3, 0.4) is 0 Å². The van der Waals surface area contributed by atoms with E-state index >= 15 is 0 Å². The molecule has 104 valence electrons. The Morgan fingerprint density at radius 3 is 2.47 bits per heavy atom. The highest BCUT2D eigenvalue weighted by atomic mass is 32.2. The fraction of sp³-hybridized carbons (Fsp3) is 1.00. The molecule has 0 fully saturated rings. The first-order valence-electron chi connectivity index (χ1n) is 6.45. The number of hydrogen-bond acceptors (Lipinski definition) is 4. The number of hydrogen-bond donors (Lipinski definition) is 1. The van der Waals surface area contributed by atoms with Crippen molar-refractivity contribution in [3.8, 4) is 0 Å². The van der Waals surface area contributed by atoms with Crippen molar-refractivity contribution in [3.63, 3.8) is 0 Å². The maximum absolute atomic E-state index is 11.6. The summed E-state index contributed by atoms with van der Waals surface area (Å²) in [6.07, 6.45) is 2.49. The van der Waals surface area contributed by atoms with Crippen LogP contribution in [0.1, 0.15) is 33.1 Å². The first kappa shape index (κ1) is 16.9. The fourth-order valence-corrected chi connectivity index (χ4v) is 3.21. The van der Waals surface area contributed by atoms with Crippen LogP contribution in [0.15, 0.2) is 0 Å². The fourth-order valence-electron chi connectivity index (χ4n) is 1.69. The highest BCUT2D eigenvalue weighted by molar-refractivity contribution is 7.91. The van der Waals surface area contributed by atoms with Crippen LogP contribution in [-0.2, 0) is 14.6 Å². The summed E-state index contributed by atoms with van der Waals surface area (Å²) in [5, 5.41) is 3.29. The maximum Gasteiger partial charge on any atom is 0.150 e. The van der Waals surface area contributed by atoms with Gasteiger partial charge in [-0.05, 0) is 25.3 Å². The van der Waals surface area contributed by atoms with Crippen LogP contribution >= 0.6 is 0 Å².